The first-order valence-electron chi connectivity index (χ1n) is 9.23. The Kier molecular flexibility index (Phi) is 5.54. The molecule has 1 aromatic heterocycles. The smallest absolute Gasteiger partial charge is 0.354 e. The van der Waals surface area contributed by atoms with E-state index in [1.165, 1.54) is 18.3 Å². The predicted octanol–water partition coefficient (Wildman–Crippen LogP) is 1.89. The number of piperidine rings is 2. The highest BCUT2D eigenvalue weighted by Crippen LogP contribution is 2.24. The van der Waals surface area contributed by atoms with Crippen LogP contribution in [0.3, 0.4) is 0 Å². The summed E-state index contributed by atoms with van der Waals surface area (Å²) in [5.74, 6) is -0.456. The molecule has 2 saturated heterocycles. The topological polar surface area (TPSA) is 90.8 Å². The summed E-state index contributed by atoms with van der Waals surface area (Å²) in [6.07, 6.45) is 4.79. The van der Waals surface area contributed by atoms with Crippen LogP contribution in [0.1, 0.15) is 53.5 Å². The maximum atomic E-state index is 12.7. The SMILES string of the molecule is CC1CCN(C(=O)C2CCN(C(=O)c3ccnc(C(=O)O)c3)CC2)CC1. The molecule has 2 fully saturated rings. The van der Waals surface area contributed by atoms with Crippen LogP contribution in [-0.4, -0.2) is 63.9 Å². The lowest BCUT2D eigenvalue weighted by atomic mass is 9.92. The Hall–Kier alpha value is -2.44. The van der Waals surface area contributed by atoms with Gasteiger partial charge in [0.05, 0.1) is 0 Å². The van der Waals surface area contributed by atoms with Crippen molar-refractivity contribution >= 4 is 17.8 Å². The Morgan fingerprint density at radius 3 is 2.27 bits per heavy atom. The van der Waals surface area contributed by atoms with Gasteiger partial charge < -0.3 is 14.9 Å². The van der Waals surface area contributed by atoms with Crippen molar-refractivity contribution < 1.29 is 19.5 Å². The molecule has 0 bridgehead atoms. The number of hydrogen-bond acceptors (Lipinski definition) is 4. The normalized spacial score (nSPS) is 19.4. The van der Waals surface area contributed by atoms with Gasteiger partial charge in [-0.3, -0.25) is 9.59 Å². The second-order valence-electron chi connectivity index (χ2n) is 7.31. The highest BCUT2D eigenvalue weighted by atomic mass is 16.4. The second kappa shape index (κ2) is 7.85. The van der Waals surface area contributed by atoms with Gasteiger partial charge in [-0.25, -0.2) is 9.78 Å². The highest BCUT2D eigenvalue weighted by Gasteiger charge is 2.31. The Morgan fingerprint density at radius 2 is 1.65 bits per heavy atom. The number of aromatic carboxylic acids is 1. The fraction of sp³-hybridized carbons (Fsp3) is 0.579. The molecule has 0 radical (unpaired) electrons. The molecular weight excluding hydrogens is 334 g/mol. The van der Waals surface area contributed by atoms with E-state index in [9.17, 15) is 14.4 Å². The van der Waals surface area contributed by atoms with Crippen LogP contribution < -0.4 is 0 Å². The number of carbonyl (C=O) groups is 3. The van der Waals surface area contributed by atoms with Crippen molar-refractivity contribution in [2.24, 2.45) is 11.8 Å². The zero-order valence-corrected chi connectivity index (χ0v) is 15.1. The molecule has 0 saturated carbocycles. The first-order valence-corrected chi connectivity index (χ1v) is 9.23. The third-order valence-corrected chi connectivity index (χ3v) is 5.45. The zero-order chi connectivity index (χ0) is 18.7. The van der Waals surface area contributed by atoms with E-state index < -0.39 is 5.97 Å². The number of likely N-dealkylation sites (tertiary alicyclic amines) is 2. The molecule has 26 heavy (non-hydrogen) atoms. The third kappa shape index (κ3) is 4.03. The number of amides is 2. The summed E-state index contributed by atoms with van der Waals surface area (Å²) in [4.78, 5) is 43.7. The summed E-state index contributed by atoms with van der Waals surface area (Å²) in [6.45, 7) is 4.94. The number of rotatable bonds is 3. The van der Waals surface area contributed by atoms with Crippen molar-refractivity contribution in [2.75, 3.05) is 26.2 Å². The Morgan fingerprint density at radius 1 is 1.04 bits per heavy atom. The summed E-state index contributed by atoms with van der Waals surface area (Å²) in [6, 6.07) is 2.83. The van der Waals surface area contributed by atoms with Crippen molar-refractivity contribution in [3.8, 4) is 0 Å². The molecule has 2 aliphatic heterocycles. The summed E-state index contributed by atoms with van der Waals surface area (Å²) in [7, 11) is 0. The minimum Gasteiger partial charge on any atom is -0.477 e. The Labute approximate surface area is 153 Å². The number of carbonyl (C=O) groups excluding carboxylic acids is 2. The van der Waals surface area contributed by atoms with E-state index in [1.807, 2.05) is 4.90 Å². The fourth-order valence-corrected chi connectivity index (χ4v) is 3.68. The molecule has 7 heteroatoms. The summed E-state index contributed by atoms with van der Waals surface area (Å²) < 4.78 is 0. The van der Waals surface area contributed by atoms with Gasteiger partial charge in [-0.1, -0.05) is 6.92 Å². The van der Waals surface area contributed by atoms with Crippen molar-refractivity contribution in [2.45, 2.75) is 32.6 Å². The molecule has 3 rings (SSSR count). The van der Waals surface area contributed by atoms with Crippen LogP contribution in [0.4, 0.5) is 0 Å². The largest absolute Gasteiger partial charge is 0.477 e. The van der Waals surface area contributed by atoms with Gasteiger partial charge >= 0.3 is 5.97 Å². The maximum absolute atomic E-state index is 12.7. The molecule has 140 valence electrons. The lowest BCUT2D eigenvalue weighted by Gasteiger charge is -2.36. The quantitative estimate of drug-likeness (QED) is 0.890. The third-order valence-electron chi connectivity index (χ3n) is 5.45. The Balaban J connectivity index is 1.56. The molecule has 0 unspecified atom stereocenters. The molecule has 1 N–H and O–H groups in total. The average Bonchev–Trinajstić information content (AvgIpc) is 2.67. The summed E-state index contributed by atoms with van der Waals surface area (Å²) in [5, 5.41) is 9.01. The molecule has 7 nitrogen and oxygen atoms in total. The van der Waals surface area contributed by atoms with E-state index in [2.05, 4.69) is 11.9 Å². The standard InChI is InChI=1S/C19H25N3O4/c1-13-3-8-21(9-4-13)17(23)14-5-10-22(11-6-14)18(24)15-2-7-20-16(12-15)19(25)26/h2,7,12-14H,3-6,8-11H2,1H3,(H,25,26). The van der Waals surface area contributed by atoms with Crippen LogP contribution >= 0.6 is 0 Å². The lowest BCUT2D eigenvalue weighted by molar-refractivity contribution is -0.138. The van der Waals surface area contributed by atoms with Crippen LogP contribution in [0.15, 0.2) is 18.3 Å². The lowest BCUT2D eigenvalue weighted by Crippen LogP contribution is -2.46. The van der Waals surface area contributed by atoms with Gasteiger partial charge in [0, 0.05) is 43.9 Å². The van der Waals surface area contributed by atoms with E-state index in [0.717, 1.165) is 25.9 Å². The molecule has 2 aliphatic rings. The molecule has 0 aromatic carbocycles. The number of nitrogens with zero attached hydrogens (tertiary/aromatic N) is 3. The van der Waals surface area contributed by atoms with Crippen LogP contribution in [-0.2, 0) is 4.79 Å². The first-order chi connectivity index (χ1) is 12.5. The zero-order valence-electron chi connectivity index (χ0n) is 15.1. The van der Waals surface area contributed by atoms with E-state index in [4.69, 9.17) is 5.11 Å². The van der Waals surface area contributed by atoms with Crippen LogP contribution in [0.2, 0.25) is 0 Å². The fourth-order valence-electron chi connectivity index (χ4n) is 3.68. The van der Waals surface area contributed by atoms with Crippen molar-refractivity contribution in [3.63, 3.8) is 0 Å². The first kappa shape index (κ1) is 18.4. The van der Waals surface area contributed by atoms with E-state index >= 15 is 0 Å². The average molecular weight is 359 g/mol. The van der Waals surface area contributed by atoms with E-state index in [0.29, 0.717) is 37.4 Å². The number of pyridine rings is 1. The molecular formula is C19H25N3O4. The monoisotopic (exact) mass is 359 g/mol. The van der Waals surface area contributed by atoms with Crippen molar-refractivity contribution in [1.82, 2.24) is 14.8 Å². The van der Waals surface area contributed by atoms with Crippen LogP contribution in [0.25, 0.3) is 0 Å². The van der Waals surface area contributed by atoms with Crippen molar-refractivity contribution in [3.05, 3.63) is 29.6 Å². The van der Waals surface area contributed by atoms with Gasteiger partial charge in [0.1, 0.15) is 5.69 Å². The minimum atomic E-state index is -1.15. The highest BCUT2D eigenvalue weighted by molar-refractivity contribution is 5.96. The maximum Gasteiger partial charge on any atom is 0.354 e. The Bertz CT molecular complexity index is 690. The van der Waals surface area contributed by atoms with Gasteiger partial charge in [-0.15, -0.1) is 0 Å². The van der Waals surface area contributed by atoms with Crippen LogP contribution in [0.5, 0.6) is 0 Å². The van der Waals surface area contributed by atoms with Crippen LogP contribution in [0, 0.1) is 11.8 Å². The minimum absolute atomic E-state index is 0.0144. The second-order valence-corrected chi connectivity index (χ2v) is 7.31. The number of hydrogen-bond donors (Lipinski definition) is 1. The molecule has 2 amide bonds. The molecule has 3 heterocycles. The van der Waals surface area contributed by atoms with Gasteiger partial charge in [-0.2, -0.15) is 0 Å². The van der Waals surface area contributed by atoms with Gasteiger partial charge in [0.25, 0.3) is 5.91 Å². The number of aromatic nitrogens is 1. The van der Waals surface area contributed by atoms with Gasteiger partial charge in [0.2, 0.25) is 5.91 Å². The predicted molar refractivity (Wildman–Crippen MR) is 94.8 cm³/mol. The van der Waals surface area contributed by atoms with Gasteiger partial charge in [-0.05, 0) is 43.7 Å². The van der Waals surface area contributed by atoms with E-state index in [1.54, 1.807) is 4.90 Å². The number of carboxylic acids is 1. The van der Waals surface area contributed by atoms with Crippen molar-refractivity contribution in [1.29, 1.82) is 0 Å². The molecule has 0 spiro atoms. The molecule has 0 aliphatic carbocycles. The molecule has 0 atom stereocenters. The molecule has 1 aromatic rings. The summed E-state index contributed by atoms with van der Waals surface area (Å²) >= 11 is 0. The summed E-state index contributed by atoms with van der Waals surface area (Å²) in [5.41, 5.74) is 0.187. The van der Waals surface area contributed by atoms with E-state index in [-0.39, 0.29) is 23.4 Å². The van der Waals surface area contributed by atoms with Gasteiger partial charge in [0.15, 0.2) is 0 Å². The number of carboxylic acid groups (broad SMARTS) is 1.